The second-order valence-electron chi connectivity index (χ2n) is 12.7. The number of ketones is 1. The van der Waals surface area contributed by atoms with Crippen LogP contribution in [-0.2, 0) is 38.4 Å². The van der Waals surface area contributed by atoms with Gasteiger partial charge < -0.3 is 23.8 Å². The number of nitrogens with zero attached hydrogens (tertiary/aromatic N) is 5. The van der Waals surface area contributed by atoms with E-state index in [2.05, 4.69) is 4.98 Å². The van der Waals surface area contributed by atoms with Crippen LogP contribution in [0, 0.1) is 11.6 Å². The number of benzene rings is 1. The number of allylic oxidation sites excluding steroid dienone is 1. The number of carbonyl (C=O) groups excluding carboxylic acids is 4. The van der Waals surface area contributed by atoms with Gasteiger partial charge in [0.05, 0.1) is 12.1 Å². The smallest absolute Gasteiger partial charge is 0.420 e. The van der Waals surface area contributed by atoms with Crippen LogP contribution in [0.1, 0.15) is 63.9 Å². The standard InChI is InChI=1S/C34H43F2N5O7/c1-9-13-22-23(35)19-24(36)30-29(22)37-27(41(30)33(46)48-34(2,3)4)20-40-17-12-14-21(31(40)44)18-25(42)26(47-32(45)39(7)8)15-10-11-16-28(43)38(5)6/h11-12,14,16-17,19,26H,9-10,13,15,18,20H2,1-8H3/b16-11+/t26-/m0/s1. The van der Waals surface area contributed by atoms with Crippen molar-refractivity contribution in [2.45, 2.75) is 78.0 Å². The van der Waals surface area contributed by atoms with E-state index in [0.717, 1.165) is 4.57 Å². The second-order valence-corrected chi connectivity index (χ2v) is 12.7. The number of imidazole rings is 1. The first kappa shape index (κ1) is 37.6. The van der Waals surface area contributed by atoms with Crippen LogP contribution in [0.15, 0.2) is 41.3 Å². The largest absolute Gasteiger partial charge is 0.443 e. The fourth-order valence-electron chi connectivity index (χ4n) is 4.77. The minimum absolute atomic E-state index is 0.0542. The highest BCUT2D eigenvalue weighted by Gasteiger charge is 2.29. The van der Waals surface area contributed by atoms with Gasteiger partial charge in [0.2, 0.25) is 5.91 Å². The van der Waals surface area contributed by atoms with E-state index in [0.29, 0.717) is 12.5 Å². The number of ether oxygens (including phenoxy) is 2. The Bertz CT molecular complexity index is 1770. The molecule has 3 rings (SSSR count). The summed E-state index contributed by atoms with van der Waals surface area (Å²) in [5.74, 6) is -2.69. The van der Waals surface area contributed by atoms with Crippen LogP contribution in [0.5, 0.6) is 0 Å². The number of hydrogen-bond acceptors (Lipinski definition) is 8. The quantitative estimate of drug-likeness (QED) is 0.249. The number of hydrogen-bond donors (Lipinski definition) is 0. The third-order valence-corrected chi connectivity index (χ3v) is 7.12. The average Bonchev–Trinajstić information content (AvgIpc) is 3.37. The van der Waals surface area contributed by atoms with Gasteiger partial charge in [-0.25, -0.2) is 27.9 Å². The van der Waals surface area contributed by atoms with Crippen LogP contribution in [0.2, 0.25) is 0 Å². The number of rotatable bonds is 12. The Hall–Kier alpha value is -4.88. The monoisotopic (exact) mass is 671 g/mol. The lowest BCUT2D eigenvalue weighted by molar-refractivity contribution is -0.127. The maximum atomic E-state index is 15.3. The van der Waals surface area contributed by atoms with Crippen molar-refractivity contribution in [2.75, 3.05) is 28.2 Å². The van der Waals surface area contributed by atoms with Gasteiger partial charge in [-0.3, -0.25) is 14.4 Å². The first-order valence-electron chi connectivity index (χ1n) is 15.5. The molecule has 48 heavy (non-hydrogen) atoms. The molecule has 0 saturated heterocycles. The highest BCUT2D eigenvalue weighted by atomic mass is 19.1. The molecule has 12 nitrogen and oxygen atoms in total. The number of fused-ring (bicyclic) bond motifs is 1. The van der Waals surface area contributed by atoms with Crippen LogP contribution in [0.25, 0.3) is 11.0 Å². The van der Waals surface area contributed by atoms with Crippen LogP contribution < -0.4 is 5.56 Å². The normalized spacial score (nSPS) is 12.3. The molecule has 0 aliphatic heterocycles. The molecule has 0 saturated carbocycles. The minimum atomic E-state index is -1.21. The van der Waals surface area contributed by atoms with Crippen LogP contribution in [-0.4, -0.2) is 87.7 Å². The molecular formula is C34H43F2N5O7. The Morgan fingerprint density at radius 2 is 1.75 bits per heavy atom. The van der Waals surface area contributed by atoms with Gasteiger partial charge in [0.15, 0.2) is 17.7 Å². The van der Waals surface area contributed by atoms with E-state index in [1.807, 2.05) is 6.92 Å². The van der Waals surface area contributed by atoms with Crippen molar-refractivity contribution in [1.82, 2.24) is 23.9 Å². The minimum Gasteiger partial charge on any atom is -0.443 e. The van der Waals surface area contributed by atoms with Crippen molar-refractivity contribution >= 4 is 34.9 Å². The Morgan fingerprint density at radius 3 is 2.35 bits per heavy atom. The molecule has 3 aromatic rings. The Kier molecular flexibility index (Phi) is 12.4. The molecule has 260 valence electrons. The van der Waals surface area contributed by atoms with Gasteiger partial charge >= 0.3 is 12.2 Å². The predicted molar refractivity (Wildman–Crippen MR) is 175 cm³/mol. The number of likely N-dealkylation sites (N-methyl/N-ethyl adjacent to an activating group) is 1. The van der Waals surface area contributed by atoms with E-state index >= 15 is 4.39 Å². The van der Waals surface area contributed by atoms with Gasteiger partial charge in [-0.2, -0.15) is 0 Å². The lowest BCUT2D eigenvalue weighted by Gasteiger charge is -2.21. The number of halogens is 2. The summed E-state index contributed by atoms with van der Waals surface area (Å²) < 4.78 is 43.2. The molecule has 0 aliphatic rings. The number of aromatic nitrogens is 3. The third-order valence-electron chi connectivity index (χ3n) is 7.12. The van der Waals surface area contributed by atoms with E-state index in [1.165, 1.54) is 52.9 Å². The molecule has 1 aromatic carbocycles. The van der Waals surface area contributed by atoms with Crippen LogP contribution in [0.4, 0.5) is 18.4 Å². The van der Waals surface area contributed by atoms with E-state index in [9.17, 15) is 28.4 Å². The third kappa shape index (κ3) is 9.35. The first-order valence-corrected chi connectivity index (χ1v) is 15.5. The van der Waals surface area contributed by atoms with Crippen molar-refractivity contribution < 1.29 is 37.4 Å². The number of amides is 2. The molecular weight excluding hydrogens is 628 g/mol. The molecule has 0 fully saturated rings. The van der Waals surface area contributed by atoms with E-state index in [4.69, 9.17) is 9.47 Å². The summed E-state index contributed by atoms with van der Waals surface area (Å²) in [6, 6.07) is 3.67. The summed E-state index contributed by atoms with van der Waals surface area (Å²) in [6.07, 6.45) is 2.08. The SMILES string of the molecule is CCCc1c(F)cc(F)c2c1nc(Cn1cccc(CC(=O)[C@H](CC/C=C/C(=O)N(C)C)OC(=O)N(C)C)c1=O)n2C(=O)OC(C)(C)C. The zero-order valence-corrected chi connectivity index (χ0v) is 28.6. The molecule has 0 unspecified atom stereocenters. The van der Waals surface area contributed by atoms with Crippen LogP contribution >= 0.6 is 0 Å². The molecule has 0 bridgehead atoms. The van der Waals surface area contributed by atoms with Crippen molar-refractivity contribution in [3.8, 4) is 0 Å². The van der Waals surface area contributed by atoms with Gasteiger partial charge in [-0.1, -0.05) is 25.5 Å². The van der Waals surface area contributed by atoms with Gasteiger partial charge in [0.1, 0.15) is 22.8 Å². The Morgan fingerprint density at radius 1 is 1.06 bits per heavy atom. The molecule has 2 amide bonds. The number of Topliss-reactive ketones (excluding diaryl/α,β-unsaturated/α-hetero) is 1. The maximum absolute atomic E-state index is 15.3. The van der Waals surface area contributed by atoms with Gasteiger partial charge in [0.25, 0.3) is 5.56 Å². The van der Waals surface area contributed by atoms with Crippen LogP contribution in [0.3, 0.4) is 0 Å². The zero-order valence-electron chi connectivity index (χ0n) is 28.6. The highest BCUT2D eigenvalue weighted by Crippen LogP contribution is 2.28. The summed E-state index contributed by atoms with van der Waals surface area (Å²) >= 11 is 0. The topological polar surface area (TPSA) is 133 Å². The molecule has 0 aliphatic carbocycles. The highest BCUT2D eigenvalue weighted by molar-refractivity contribution is 5.90. The average molecular weight is 672 g/mol. The molecule has 0 N–H and O–H groups in total. The summed E-state index contributed by atoms with van der Waals surface area (Å²) in [5, 5.41) is 0. The first-order chi connectivity index (χ1) is 22.4. The van der Waals surface area contributed by atoms with Gasteiger partial charge in [0, 0.05) is 58.0 Å². The zero-order chi connectivity index (χ0) is 35.9. The van der Waals surface area contributed by atoms with E-state index < -0.39 is 53.3 Å². The molecule has 14 heteroatoms. The van der Waals surface area contributed by atoms with Crippen molar-refractivity contribution in [1.29, 1.82) is 0 Å². The number of pyridine rings is 1. The van der Waals surface area contributed by atoms with Crippen molar-refractivity contribution in [2.24, 2.45) is 0 Å². The fourth-order valence-corrected chi connectivity index (χ4v) is 4.77. The summed E-state index contributed by atoms with van der Waals surface area (Å²) in [6.45, 7) is 6.38. The lowest BCUT2D eigenvalue weighted by Crippen LogP contribution is -2.35. The maximum Gasteiger partial charge on any atom is 0.420 e. The molecule has 0 radical (unpaired) electrons. The molecule has 2 aromatic heterocycles. The molecule has 1 atom stereocenters. The van der Waals surface area contributed by atoms with Gasteiger partial charge in [-0.05, 0) is 52.2 Å². The Balaban J connectivity index is 2.00. The number of aryl methyl sites for hydroxylation is 1. The lowest BCUT2D eigenvalue weighted by atomic mass is 10.0. The molecule has 0 spiro atoms. The van der Waals surface area contributed by atoms with Gasteiger partial charge in [-0.15, -0.1) is 0 Å². The van der Waals surface area contributed by atoms with Crippen molar-refractivity contribution in [3.63, 3.8) is 0 Å². The van der Waals surface area contributed by atoms with E-state index in [1.54, 1.807) is 40.9 Å². The second kappa shape index (κ2) is 15.8. The Labute approximate surface area is 277 Å². The molecule has 2 heterocycles. The summed E-state index contributed by atoms with van der Waals surface area (Å²) in [5.41, 5.74) is -1.70. The summed E-state index contributed by atoms with van der Waals surface area (Å²) in [4.78, 5) is 71.6. The predicted octanol–water partition coefficient (Wildman–Crippen LogP) is 4.86. The number of carbonyl (C=O) groups is 4. The fraction of sp³-hybridized carbons (Fsp3) is 0.471. The summed E-state index contributed by atoms with van der Waals surface area (Å²) in [7, 11) is 6.12. The van der Waals surface area contributed by atoms with E-state index in [-0.39, 0.29) is 59.7 Å². The van der Waals surface area contributed by atoms with Crippen molar-refractivity contribution in [3.05, 3.63) is 75.5 Å².